The molecule has 0 saturated carbocycles. The summed E-state index contributed by atoms with van der Waals surface area (Å²) in [5.74, 6) is -0.809. The van der Waals surface area contributed by atoms with Crippen LogP contribution >= 0.6 is 11.6 Å². The van der Waals surface area contributed by atoms with Crippen molar-refractivity contribution in [3.8, 4) is 5.75 Å². The standard InChI is InChI=1S/C18H21ClN2O6/c1-3-13-16(17(23)25-4-2)14(21-18(24)20-13)9-27-15(22)10-26-12-7-5-6-11(19)8-12/h5-8,13H,3-4,9-10H2,1-2H3,(H2,20,21,24)/t13-/m0/s1. The molecule has 1 aliphatic heterocycles. The summed E-state index contributed by atoms with van der Waals surface area (Å²) >= 11 is 5.84. The summed E-state index contributed by atoms with van der Waals surface area (Å²) in [6, 6.07) is 5.59. The molecule has 0 aromatic heterocycles. The smallest absolute Gasteiger partial charge is 0.344 e. The van der Waals surface area contributed by atoms with Gasteiger partial charge < -0.3 is 24.8 Å². The van der Waals surface area contributed by atoms with Crippen LogP contribution in [0.15, 0.2) is 35.5 Å². The van der Waals surface area contributed by atoms with E-state index >= 15 is 0 Å². The van der Waals surface area contributed by atoms with Gasteiger partial charge in [-0.1, -0.05) is 24.6 Å². The van der Waals surface area contributed by atoms with Crippen LogP contribution in [0.2, 0.25) is 5.02 Å². The van der Waals surface area contributed by atoms with E-state index in [1.807, 2.05) is 6.92 Å². The maximum Gasteiger partial charge on any atom is 0.344 e. The minimum absolute atomic E-state index is 0.188. The van der Waals surface area contributed by atoms with E-state index in [1.165, 1.54) is 0 Å². The minimum Gasteiger partial charge on any atom is -0.482 e. The van der Waals surface area contributed by atoms with Gasteiger partial charge in [-0.25, -0.2) is 14.4 Å². The molecule has 0 spiro atoms. The molecule has 1 heterocycles. The number of esters is 2. The number of benzene rings is 1. The van der Waals surface area contributed by atoms with Crippen LogP contribution in [0.1, 0.15) is 20.3 Å². The van der Waals surface area contributed by atoms with Gasteiger partial charge in [0.05, 0.1) is 23.9 Å². The second kappa shape index (κ2) is 9.82. The number of hydrogen-bond donors (Lipinski definition) is 2. The molecule has 1 aromatic rings. The number of nitrogens with one attached hydrogen (secondary N) is 2. The molecule has 0 bridgehead atoms. The maximum atomic E-state index is 12.2. The van der Waals surface area contributed by atoms with E-state index in [1.54, 1.807) is 31.2 Å². The van der Waals surface area contributed by atoms with E-state index in [4.69, 9.17) is 25.8 Å². The Morgan fingerprint density at radius 2 is 2.00 bits per heavy atom. The third kappa shape index (κ3) is 5.89. The van der Waals surface area contributed by atoms with Crippen molar-refractivity contribution in [2.24, 2.45) is 0 Å². The fraction of sp³-hybridized carbons (Fsp3) is 0.389. The molecular formula is C18H21ClN2O6. The molecule has 1 aromatic carbocycles. The summed E-state index contributed by atoms with van der Waals surface area (Å²) in [7, 11) is 0. The number of carbonyl (C=O) groups excluding carboxylic acids is 3. The van der Waals surface area contributed by atoms with Crippen LogP contribution in [0.4, 0.5) is 4.79 Å². The molecule has 146 valence electrons. The third-order valence-corrected chi connectivity index (χ3v) is 3.91. The Morgan fingerprint density at radius 3 is 2.67 bits per heavy atom. The van der Waals surface area contributed by atoms with Gasteiger partial charge in [0.2, 0.25) is 0 Å². The number of ether oxygens (including phenoxy) is 3. The Kier molecular flexibility index (Phi) is 7.48. The molecule has 2 rings (SSSR count). The predicted octanol–water partition coefficient (Wildman–Crippen LogP) is 2.17. The molecular weight excluding hydrogens is 376 g/mol. The lowest BCUT2D eigenvalue weighted by Gasteiger charge is -2.28. The van der Waals surface area contributed by atoms with E-state index in [-0.39, 0.29) is 31.1 Å². The summed E-state index contributed by atoms with van der Waals surface area (Å²) in [6.45, 7) is 3.06. The van der Waals surface area contributed by atoms with E-state index in [9.17, 15) is 14.4 Å². The lowest BCUT2D eigenvalue weighted by atomic mass is 10.0. The zero-order valence-corrected chi connectivity index (χ0v) is 15.8. The summed E-state index contributed by atoms with van der Waals surface area (Å²) < 4.78 is 15.5. The molecule has 27 heavy (non-hydrogen) atoms. The minimum atomic E-state index is -0.661. The number of rotatable bonds is 8. The highest BCUT2D eigenvalue weighted by Gasteiger charge is 2.31. The predicted molar refractivity (Wildman–Crippen MR) is 97.3 cm³/mol. The molecule has 0 unspecified atom stereocenters. The Morgan fingerprint density at radius 1 is 1.22 bits per heavy atom. The fourth-order valence-electron chi connectivity index (χ4n) is 2.47. The van der Waals surface area contributed by atoms with Gasteiger partial charge in [0.1, 0.15) is 12.4 Å². The van der Waals surface area contributed by atoms with Gasteiger partial charge in [-0.05, 0) is 31.5 Å². The third-order valence-electron chi connectivity index (χ3n) is 3.68. The van der Waals surface area contributed by atoms with Gasteiger partial charge in [-0.3, -0.25) is 0 Å². The zero-order chi connectivity index (χ0) is 19.8. The average molecular weight is 397 g/mol. The number of amides is 2. The largest absolute Gasteiger partial charge is 0.482 e. The van der Waals surface area contributed by atoms with Crippen LogP contribution < -0.4 is 15.4 Å². The van der Waals surface area contributed by atoms with E-state index < -0.39 is 24.0 Å². The Balaban J connectivity index is 2.01. The molecule has 0 radical (unpaired) electrons. The topological polar surface area (TPSA) is 103 Å². The van der Waals surface area contributed by atoms with Gasteiger partial charge in [0, 0.05) is 5.02 Å². The second-order valence-corrected chi connectivity index (χ2v) is 6.02. The number of urea groups is 1. The fourth-order valence-corrected chi connectivity index (χ4v) is 2.65. The van der Waals surface area contributed by atoms with Crippen LogP contribution in [-0.2, 0) is 19.1 Å². The van der Waals surface area contributed by atoms with E-state index in [2.05, 4.69) is 10.6 Å². The monoisotopic (exact) mass is 396 g/mol. The summed E-state index contributed by atoms with van der Waals surface area (Å²) in [6.07, 6.45) is 0.483. The highest BCUT2D eigenvalue weighted by atomic mass is 35.5. The first-order valence-electron chi connectivity index (χ1n) is 8.46. The molecule has 0 aliphatic carbocycles. The summed E-state index contributed by atoms with van der Waals surface area (Å²) in [5.41, 5.74) is 0.433. The first-order valence-corrected chi connectivity index (χ1v) is 8.84. The number of hydrogen-bond acceptors (Lipinski definition) is 6. The Bertz CT molecular complexity index is 749. The van der Waals surface area contributed by atoms with Gasteiger partial charge >= 0.3 is 18.0 Å². The molecule has 2 amide bonds. The van der Waals surface area contributed by atoms with Crippen molar-refractivity contribution in [3.63, 3.8) is 0 Å². The second-order valence-electron chi connectivity index (χ2n) is 5.58. The van der Waals surface area contributed by atoms with E-state index in [0.29, 0.717) is 17.2 Å². The maximum absolute atomic E-state index is 12.2. The molecule has 1 atom stereocenters. The molecule has 9 heteroatoms. The first-order chi connectivity index (χ1) is 12.9. The summed E-state index contributed by atoms with van der Waals surface area (Å²) in [4.78, 5) is 35.9. The number of halogens is 1. The van der Waals surface area contributed by atoms with Crippen LogP contribution in [0.25, 0.3) is 0 Å². The SMILES string of the molecule is CCOC(=O)C1=C(COC(=O)COc2cccc(Cl)c2)NC(=O)N[C@H]1CC. The van der Waals surface area contributed by atoms with Gasteiger partial charge in [-0.15, -0.1) is 0 Å². The molecule has 2 N–H and O–H groups in total. The normalized spacial score (nSPS) is 16.3. The molecule has 1 aliphatic rings. The summed E-state index contributed by atoms with van der Waals surface area (Å²) in [5, 5.41) is 5.62. The quantitative estimate of drug-likeness (QED) is 0.653. The van der Waals surface area contributed by atoms with Gasteiger partial charge in [0.15, 0.2) is 6.61 Å². The lowest BCUT2D eigenvalue weighted by molar-refractivity contribution is -0.145. The average Bonchev–Trinajstić information content (AvgIpc) is 2.64. The highest BCUT2D eigenvalue weighted by molar-refractivity contribution is 6.30. The number of carbonyl (C=O) groups is 3. The van der Waals surface area contributed by atoms with E-state index in [0.717, 1.165) is 0 Å². The van der Waals surface area contributed by atoms with Gasteiger partial charge in [-0.2, -0.15) is 0 Å². The van der Waals surface area contributed by atoms with Crippen LogP contribution in [0.5, 0.6) is 5.75 Å². The first kappa shape index (κ1) is 20.6. The Hall–Kier alpha value is -2.74. The molecule has 0 fully saturated rings. The van der Waals surface area contributed by atoms with Crippen molar-refractivity contribution in [1.82, 2.24) is 10.6 Å². The Labute approximate surface area is 161 Å². The lowest BCUT2D eigenvalue weighted by Crippen LogP contribution is -2.51. The van der Waals surface area contributed by atoms with Crippen molar-refractivity contribution >= 4 is 29.6 Å². The zero-order valence-electron chi connectivity index (χ0n) is 15.0. The van der Waals surface area contributed by atoms with Crippen molar-refractivity contribution in [1.29, 1.82) is 0 Å². The van der Waals surface area contributed by atoms with Gasteiger partial charge in [0.25, 0.3) is 0 Å². The van der Waals surface area contributed by atoms with Crippen molar-refractivity contribution in [2.45, 2.75) is 26.3 Å². The highest BCUT2D eigenvalue weighted by Crippen LogP contribution is 2.18. The molecule has 8 nitrogen and oxygen atoms in total. The van der Waals surface area contributed by atoms with Crippen LogP contribution in [0.3, 0.4) is 0 Å². The van der Waals surface area contributed by atoms with Crippen molar-refractivity contribution in [2.75, 3.05) is 19.8 Å². The van der Waals surface area contributed by atoms with Crippen molar-refractivity contribution in [3.05, 3.63) is 40.6 Å². The van der Waals surface area contributed by atoms with Crippen molar-refractivity contribution < 1.29 is 28.6 Å². The van der Waals surface area contributed by atoms with Crippen LogP contribution in [0, 0.1) is 0 Å². The van der Waals surface area contributed by atoms with Crippen LogP contribution in [-0.4, -0.2) is 43.8 Å². The molecule has 0 saturated heterocycles.